The van der Waals surface area contributed by atoms with Gasteiger partial charge in [-0.1, -0.05) is 49.7 Å². The van der Waals surface area contributed by atoms with Gasteiger partial charge in [-0.2, -0.15) is 0 Å². The summed E-state index contributed by atoms with van der Waals surface area (Å²) in [6.45, 7) is 4.32. The first kappa shape index (κ1) is 20.6. The Kier molecular flexibility index (Phi) is 5.99. The van der Waals surface area contributed by atoms with Crippen molar-refractivity contribution in [3.63, 3.8) is 0 Å². The number of thiazole rings is 1. The zero-order chi connectivity index (χ0) is 21.2. The van der Waals surface area contributed by atoms with E-state index in [0.29, 0.717) is 17.2 Å². The summed E-state index contributed by atoms with van der Waals surface area (Å²) < 4.78 is 14.8. The van der Waals surface area contributed by atoms with Gasteiger partial charge in [-0.3, -0.25) is 0 Å². The molecule has 6 heteroatoms. The van der Waals surface area contributed by atoms with Gasteiger partial charge in [-0.15, -0.1) is 0 Å². The molecule has 1 aliphatic carbocycles. The first-order valence-electron chi connectivity index (χ1n) is 11.5. The maximum absolute atomic E-state index is 14.8. The minimum absolute atomic E-state index is 0.235. The lowest BCUT2D eigenvalue weighted by Crippen LogP contribution is -2.32. The van der Waals surface area contributed by atoms with Gasteiger partial charge in [0.15, 0.2) is 5.13 Å². The molecule has 2 aliphatic rings. The molecule has 4 nitrogen and oxygen atoms in total. The Labute approximate surface area is 187 Å². The van der Waals surface area contributed by atoms with Crippen molar-refractivity contribution in [3.8, 4) is 21.8 Å². The Morgan fingerprint density at radius 1 is 1.00 bits per heavy atom. The van der Waals surface area contributed by atoms with Gasteiger partial charge in [0.2, 0.25) is 0 Å². The average molecular weight is 437 g/mol. The third-order valence-electron chi connectivity index (χ3n) is 6.80. The van der Waals surface area contributed by atoms with Crippen LogP contribution in [0.25, 0.3) is 21.8 Å². The predicted octanol–water partition coefficient (Wildman–Crippen LogP) is 6.69. The quantitative estimate of drug-likeness (QED) is 0.457. The highest BCUT2D eigenvalue weighted by atomic mass is 32.1. The van der Waals surface area contributed by atoms with E-state index in [-0.39, 0.29) is 5.82 Å². The fourth-order valence-corrected chi connectivity index (χ4v) is 6.03. The van der Waals surface area contributed by atoms with E-state index in [4.69, 9.17) is 9.97 Å². The van der Waals surface area contributed by atoms with Crippen molar-refractivity contribution in [2.24, 2.45) is 5.92 Å². The van der Waals surface area contributed by atoms with Crippen LogP contribution in [0.15, 0.2) is 36.8 Å². The number of halogens is 1. The molecule has 0 spiro atoms. The molecule has 3 heterocycles. The van der Waals surface area contributed by atoms with Crippen LogP contribution in [0, 0.1) is 11.7 Å². The first-order chi connectivity index (χ1) is 15.2. The van der Waals surface area contributed by atoms with Crippen LogP contribution in [0.5, 0.6) is 0 Å². The van der Waals surface area contributed by atoms with Gasteiger partial charge in [0.05, 0.1) is 16.3 Å². The van der Waals surface area contributed by atoms with Crippen LogP contribution < -0.4 is 4.90 Å². The monoisotopic (exact) mass is 436 g/mol. The van der Waals surface area contributed by atoms with Gasteiger partial charge in [0.1, 0.15) is 12.1 Å². The minimum Gasteiger partial charge on any atom is -0.348 e. The molecular formula is C25H29FN4S. The second-order valence-electron chi connectivity index (χ2n) is 8.99. The van der Waals surface area contributed by atoms with Crippen LogP contribution in [0.3, 0.4) is 0 Å². The molecular weight excluding hydrogens is 407 g/mol. The summed E-state index contributed by atoms with van der Waals surface area (Å²) in [6.07, 6.45) is 12.1. The number of hydrogen-bond donors (Lipinski definition) is 0. The van der Waals surface area contributed by atoms with E-state index in [1.165, 1.54) is 56.6 Å². The average Bonchev–Trinajstić information content (AvgIpc) is 3.25. The van der Waals surface area contributed by atoms with Gasteiger partial charge >= 0.3 is 0 Å². The molecule has 5 rings (SSSR count). The van der Waals surface area contributed by atoms with Gasteiger partial charge in [0, 0.05) is 30.4 Å². The Bertz CT molecular complexity index is 1040. The SMILES string of the molecule is CC1CCN(c2nc(-c3ccccc3F)c(-c3ncncc3C3CCCCC3)s2)CC1. The van der Waals surface area contributed by atoms with Gasteiger partial charge in [-0.05, 0) is 49.7 Å². The van der Waals surface area contributed by atoms with Crippen LogP contribution in [-0.4, -0.2) is 28.0 Å². The number of benzene rings is 1. The summed E-state index contributed by atoms with van der Waals surface area (Å²) in [5, 5.41) is 0.980. The van der Waals surface area contributed by atoms with Crippen molar-refractivity contribution in [3.05, 3.63) is 48.2 Å². The summed E-state index contributed by atoms with van der Waals surface area (Å²) in [6, 6.07) is 6.96. The molecule has 1 aliphatic heterocycles. The van der Waals surface area contributed by atoms with Crippen LogP contribution in [0.4, 0.5) is 9.52 Å². The van der Waals surface area contributed by atoms with Crippen LogP contribution >= 0.6 is 11.3 Å². The van der Waals surface area contributed by atoms with E-state index in [9.17, 15) is 4.39 Å². The van der Waals surface area contributed by atoms with Crippen molar-refractivity contribution >= 4 is 16.5 Å². The molecule has 31 heavy (non-hydrogen) atoms. The van der Waals surface area contributed by atoms with Gasteiger partial charge in [0.25, 0.3) is 0 Å². The number of anilines is 1. The van der Waals surface area contributed by atoms with Gasteiger partial charge < -0.3 is 4.90 Å². The van der Waals surface area contributed by atoms with Crippen LogP contribution in [-0.2, 0) is 0 Å². The molecule has 0 atom stereocenters. The Hall–Kier alpha value is -2.34. The number of hydrogen-bond acceptors (Lipinski definition) is 5. The summed E-state index contributed by atoms with van der Waals surface area (Å²) in [4.78, 5) is 17.4. The smallest absolute Gasteiger partial charge is 0.186 e. The van der Waals surface area contributed by atoms with E-state index in [1.807, 2.05) is 18.3 Å². The zero-order valence-electron chi connectivity index (χ0n) is 18.1. The summed E-state index contributed by atoms with van der Waals surface area (Å²) >= 11 is 1.66. The summed E-state index contributed by atoms with van der Waals surface area (Å²) in [5.41, 5.74) is 3.41. The standard InChI is InChI=1S/C25H29FN4S/c1-17-11-13-30(14-12-17)25-29-23(19-9-5-6-10-21(19)26)24(31-25)22-20(15-27-16-28-22)18-7-3-2-4-8-18/h5-6,9-10,15-18H,2-4,7-8,11-14H2,1H3. The van der Waals surface area contributed by atoms with Crippen molar-refractivity contribution < 1.29 is 4.39 Å². The molecule has 162 valence electrons. The van der Waals surface area contributed by atoms with E-state index >= 15 is 0 Å². The lowest BCUT2D eigenvalue weighted by molar-refractivity contribution is 0.438. The molecule has 1 aromatic carbocycles. The van der Waals surface area contributed by atoms with E-state index < -0.39 is 0 Å². The Morgan fingerprint density at radius 3 is 2.55 bits per heavy atom. The molecule has 0 unspecified atom stereocenters. The first-order valence-corrected chi connectivity index (χ1v) is 12.3. The van der Waals surface area contributed by atoms with E-state index in [2.05, 4.69) is 16.8 Å². The maximum atomic E-state index is 14.8. The van der Waals surface area contributed by atoms with Crippen molar-refractivity contribution in [1.82, 2.24) is 15.0 Å². The van der Waals surface area contributed by atoms with E-state index in [0.717, 1.165) is 34.7 Å². The molecule has 1 saturated heterocycles. The minimum atomic E-state index is -0.235. The summed E-state index contributed by atoms with van der Waals surface area (Å²) in [5.74, 6) is 0.988. The fourth-order valence-electron chi connectivity index (χ4n) is 4.88. The lowest BCUT2D eigenvalue weighted by atomic mass is 9.83. The number of rotatable bonds is 4. The highest BCUT2D eigenvalue weighted by Gasteiger charge is 2.27. The van der Waals surface area contributed by atoms with Crippen molar-refractivity contribution in [2.75, 3.05) is 18.0 Å². The summed E-state index contributed by atoms with van der Waals surface area (Å²) in [7, 11) is 0. The maximum Gasteiger partial charge on any atom is 0.186 e. The van der Waals surface area contributed by atoms with Crippen LogP contribution in [0.2, 0.25) is 0 Å². The second kappa shape index (κ2) is 9.03. The molecule has 2 aromatic heterocycles. The highest BCUT2D eigenvalue weighted by molar-refractivity contribution is 7.19. The van der Waals surface area contributed by atoms with Crippen molar-refractivity contribution in [1.29, 1.82) is 0 Å². The molecule has 0 amide bonds. The molecule has 1 saturated carbocycles. The molecule has 3 aromatic rings. The fraction of sp³-hybridized carbons (Fsp3) is 0.480. The Morgan fingerprint density at radius 2 is 1.77 bits per heavy atom. The number of piperidine rings is 1. The largest absolute Gasteiger partial charge is 0.348 e. The molecule has 2 fully saturated rings. The van der Waals surface area contributed by atoms with Crippen LogP contribution in [0.1, 0.15) is 63.4 Å². The zero-order valence-corrected chi connectivity index (χ0v) is 18.9. The topological polar surface area (TPSA) is 41.9 Å². The molecule has 0 N–H and O–H groups in total. The molecule has 0 bridgehead atoms. The van der Waals surface area contributed by atoms with E-state index in [1.54, 1.807) is 23.7 Å². The molecule has 0 radical (unpaired) electrons. The number of aromatic nitrogens is 3. The Balaban J connectivity index is 1.62. The third kappa shape index (κ3) is 4.22. The normalized spacial score (nSPS) is 18.5. The van der Waals surface area contributed by atoms with Gasteiger partial charge in [-0.25, -0.2) is 19.3 Å². The predicted molar refractivity (Wildman–Crippen MR) is 125 cm³/mol. The second-order valence-corrected chi connectivity index (χ2v) is 9.96. The lowest BCUT2D eigenvalue weighted by Gasteiger charge is -2.29. The van der Waals surface area contributed by atoms with Crippen molar-refractivity contribution in [2.45, 2.75) is 57.8 Å². The third-order valence-corrected chi connectivity index (χ3v) is 7.92. The number of nitrogens with zero attached hydrogens (tertiary/aromatic N) is 4. The highest BCUT2D eigenvalue weighted by Crippen LogP contribution is 2.45.